The predicted octanol–water partition coefficient (Wildman–Crippen LogP) is 4.13. The zero-order chi connectivity index (χ0) is 28.5. The number of amides is 2. The van der Waals surface area contributed by atoms with E-state index in [9.17, 15) is 14.7 Å². The number of carbonyl (C=O) groups excluding carboxylic acids is 2. The average Bonchev–Trinajstić information content (AvgIpc) is 3.62. The third kappa shape index (κ3) is 3.56. The van der Waals surface area contributed by atoms with Crippen LogP contribution in [0.15, 0.2) is 65.5 Å². The molecule has 2 aromatic carbocycles. The molecule has 1 aromatic heterocycles. The third-order valence-corrected chi connectivity index (χ3v) is 10.0. The summed E-state index contributed by atoms with van der Waals surface area (Å²) in [7, 11) is 3.42. The lowest BCUT2D eigenvalue weighted by Crippen LogP contribution is -2.78. The normalized spacial score (nSPS) is 29.2. The number of aliphatic hydroxyl groups is 1. The summed E-state index contributed by atoms with van der Waals surface area (Å²) in [5.41, 5.74) is 2.59. The van der Waals surface area contributed by atoms with Gasteiger partial charge in [-0.15, -0.1) is 0 Å². The summed E-state index contributed by atoms with van der Waals surface area (Å²) in [5, 5.41) is 12.8. The van der Waals surface area contributed by atoms with Crippen LogP contribution in [-0.2, 0) is 16.6 Å². The van der Waals surface area contributed by atoms with Gasteiger partial charge in [0, 0.05) is 36.4 Å². The topological polar surface area (TPSA) is 92.4 Å². The summed E-state index contributed by atoms with van der Waals surface area (Å²) in [5.74, 6) is 1.07. The van der Waals surface area contributed by atoms with Crippen molar-refractivity contribution in [3.63, 3.8) is 0 Å². The molecule has 1 spiro atoms. The minimum Gasteiger partial charge on any atom is -0.493 e. The summed E-state index contributed by atoms with van der Waals surface area (Å²) in [4.78, 5) is 30.8. The quantitative estimate of drug-likeness (QED) is 0.477. The Morgan fingerprint density at radius 3 is 2.68 bits per heavy atom. The lowest BCUT2D eigenvalue weighted by Gasteiger charge is -2.64. The molecule has 4 aliphatic rings. The number of hydrogen-bond donors (Lipinski definition) is 1. The van der Waals surface area contributed by atoms with Gasteiger partial charge in [0.05, 0.1) is 42.7 Å². The molecular weight excluding hydrogens is 520 g/mol. The van der Waals surface area contributed by atoms with Crippen LogP contribution in [0, 0.1) is 6.92 Å². The molecule has 8 nitrogen and oxygen atoms in total. The zero-order valence-corrected chi connectivity index (χ0v) is 23.5. The Hall–Kier alpha value is -4.04. The highest BCUT2D eigenvalue weighted by molar-refractivity contribution is 5.95. The van der Waals surface area contributed by atoms with E-state index in [2.05, 4.69) is 0 Å². The Morgan fingerprint density at radius 2 is 1.95 bits per heavy atom. The number of hydrogen-bond acceptors (Lipinski definition) is 6. The van der Waals surface area contributed by atoms with Crippen LogP contribution in [0.1, 0.15) is 51.9 Å². The first kappa shape index (κ1) is 25.9. The fourth-order valence-electron chi connectivity index (χ4n) is 7.99. The summed E-state index contributed by atoms with van der Waals surface area (Å²) in [6.45, 7) is 2.49. The van der Waals surface area contributed by atoms with Gasteiger partial charge < -0.3 is 28.8 Å². The Morgan fingerprint density at radius 1 is 1.15 bits per heavy atom. The van der Waals surface area contributed by atoms with Gasteiger partial charge in [-0.25, -0.2) is 0 Å². The maximum absolute atomic E-state index is 13.9. The number of methoxy groups -OCH3 is 1. The van der Waals surface area contributed by atoms with Crippen LogP contribution in [0.4, 0.5) is 0 Å². The van der Waals surface area contributed by atoms with Gasteiger partial charge in [-0.1, -0.05) is 23.8 Å². The molecule has 0 radical (unpaired) electrons. The van der Waals surface area contributed by atoms with E-state index in [1.165, 1.54) is 0 Å². The minimum absolute atomic E-state index is 0.0651. The first-order valence-electron chi connectivity index (χ1n) is 14.2. The van der Waals surface area contributed by atoms with Crippen LogP contribution in [-0.4, -0.2) is 71.2 Å². The number of rotatable bonds is 5. The number of likely N-dealkylation sites (tertiary alicyclic amines) is 1. The minimum atomic E-state index is -1.21. The third-order valence-electron chi connectivity index (χ3n) is 10.0. The molecule has 3 heterocycles. The second-order valence-corrected chi connectivity index (χ2v) is 11.8. The van der Waals surface area contributed by atoms with Crippen molar-refractivity contribution in [1.29, 1.82) is 0 Å². The van der Waals surface area contributed by atoms with Crippen molar-refractivity contribution in [1.82, 2.24) is 9.80 Å². The first-order valence-corrected chi connectivity index (χ1v) is 14.2. The molecule has 2 aliphatic heterocycles. The van der Waals surface area contributed by atoms with E-state index in [1.807, 2.05) is 48.2 Å². The van der Waals surface area contributed by atoms with Crippen LogP contribution >= 0.6 is 0 Å². The molecule has 2 amide bonds. The number of ether oxygens (including phenoxy) is 2. The highest BCUT2D eigenvalue weighted by Crippen LogP contribution is 2.66. The Kier molecular flexibility index (Phi) is 5.84. The van der Waals surface area contributed by atoms with Crippen LogP contribution in [0.25, 0.3) is 6.08 Å². The molecule has 5 atom stereocenters. The van der Waals surface area contributed by atoms with E-state index in [0.717, 1.165) is 22.3 Å². The van der Waals surface area contributed by atoms with Gasteiger partial charge in [-0.05, 0) is 68.5 Å². The molecule has 3 aromatic rings. The zero-order valence-electron chi connectivity index (χ0n) is 23.5. The molecule has 2 fully saturated rings. The van der Waals surface area contributed by atoms with Crippen molar-refractivity contribution in [2.75, 3.05) is 20.7 Å². The van der Waals surface area contributed by atoms with Gasteiger partial charge in [-0.2, -0.15) is 0 Å². The van der Waals surface area contributed by atoms with Crippen molar-refractivity contribution >= 4 is 17.9 Å². The van der Waals surface area contributed by atoms with Crippen LogP contribution in [0.5, 0.6) is 11.5 Å². The maximum atomic E-state index is 13.9. The number of furan rings is 1. The van der Waals surface area contributed by atoms with Crippen molar-refractivity contribution < 1.29 is 28.6 Å². The number of benzene rings is 2. The van der Waals surface area contributed by atoms with Crippen LogP contribution in [0.2, 0.25) is 0 Å². The van der Waals surface area contributed by atoms with Crippen molar-refractivity contribution in [2.45, 2.75) is 61.8 Å². The van der Waals surface area contributed by atoms with E-state index >= 15 is 0 Å². The van der Waals surface area contributed by atoms with E-state index in [0.29, 0.717) is 49.3 Å². The smallest absolute Gasteiger partial charge is 0.254 e. The second-order valence-electron chi connectivity index (χ2n) is 11.8. The fourth-order valence-corrected chi connectivity index (χ4v) is 7.99. The van der Waals surface area contributed by atoms with E-state index in [4.69, 9.17) is 13.9 Å². The number of carbonyl (C=O) groups is 2. The molecule has 7 rings (SSSR count). The molecule has 1 saturated heterocycles. The van der Waals surface area contributed by atoms with Crippen molar-refractivity contribution in [3.8, 4) is 11.5 Å². The lowest BCUT2D eigenvalue weighted by molar-refractivity contribution is -0.191. The van der Waals surface area contributed by atoms with Crippen LogP contribution < -0.4 is 9.47 Å². The standard InChI is InChI=1S/C33H34N2O6/c1-20-4-7-22(8-5-20)31(37)35-16-15-32-28-23-9-10-25(39-3)29(28)41-30(32)24(12-14-33(32,38)26(35)18-23)34(2)27(36)11-6-21-13-17-40-19-21/h4-11,13,17,19,24,26,30,38H,12,14-16,18H2,1-3H3/b11-6+/t24-,26-,30+,32+,33-/m1/s1. The summed E-state index contributed by atoms with van der Waals surface area (Å²) < 4.78 is 17.6. The number of aryl methyl sites for hydroxylation is 1. The van der Waals surface area contributed by atoms with Crippen molar-refractivity contribution in [2.24, 2.45) is 0 Å². The Labute approximate surface area is 239 Å². The molecule has 41 heavy (non-hydrogen) atoms. The molecule has 1 saturated carbocycles. The van der Waals surface area contributed by atoms with Crippen LogP contribution in [0.3, 0.4) is 0 Å². The maximum Gasteiger partial charge on any atom is 0.254 e. The highest BCUT2D eigenvalue weighted by atomic mass is 16.5. The van der Waals surface area contributed by atoms with E-state index in [-0.39, 0.29) is 17.9 Å². The first-order chi connectivity index (χ1) is 19.8. The summed E-state index contributed by atoms with van der Waals surface area (Å²) in [6, 6.07) is 12.7. The molecule has 1 N–H and O–H groups in total. The van der Waals surface area contributed by atoms with Gasteiger partial charge in [0.1, 0.15) is 6.10 Å². The largest absolute Gasteiger partial charge is 0.493 e. The Balaban J connectivity index is 1.29. The molecule has 212 valence electrons. The fraction of sp³-hybridized carbons (Fsp3) is 0.394. The summed E-state index contributed by atoms with van der Waals surface area (Å²) >= 11 is 0. The summed E-state index contributed by atoms with van der Waals surface area (Å²) in [6.07, 6.45) is 7.99. The Bertz CT molecular complexity index is 1550. The monoisotopic (exact) mass is 554 g/mol. The van der Waals surface area contributed by atoms with E-state index < -0.39 is 23.2 Å². The second kappa shape index (κ2) is 9.24. The average molecular weight is 555 g/mol. The van der Waals surface area contributed by atoms with E-state index in [1.54, 1.807) is 49.8 Å². The number of piperidine rings is 1. The SMILES string of the molecule is COc1ccc2c3c1O[C@H]1[C@H](N(C)C(=O)/C=C/c4ccoc4)CC[C@@]4(O)[C@@H](C2)N(C(=O)c2ccc(C)cc2)CC[C@]314. The van der Waals surface area contributed by atoms with Gasteiger partial charge in [0.15, 0.2) is 11.5 Å². The lowest BCUT2D eigenvalue weighted by atomic mass is 9.48. The molecule has 0 unspecified atom stereocenters. The predicted molar refractivity (Wildman–Crippen MR) is 152 cm³/mol. The van der Waals surface area contributed by atoms with Gasteiger partial charge >= 0.3 is 0 Å². The van der Waals surface area contributed by atoms with Gasteiger partial charge in [-0.3, -0.25) is 9.59 Å². The molecule has 2 aliphatic carbocycles. The van der Waals surface area contributed by atoms with Crippen molar-refractivity contribution in [3.05, 3.63) is 88.9 Å². The molecule has 2 bridgehead atoms. The van der Waals surface area contributed by atoms with Gasteiger partial charge in [0.2, 0.25) is 5.91 Å². The molecule has 8 heteroatoms. The number of likely N-dealkylation sites (N-methyl/N-ethyl adjacent to an activating group) is 1. The number of nitrogens with zero attached hydrogens (tertiary/aromatic N) is 2. The molecular formula is C33H34N2O6. The van der Waals surface area contributed by atoms with Gasteiger partial charge in [0.25, 0.3) is 5.91 Å². The highest BCUT2D eigenvalue weighted by Gasteiger charge is 2.74.